The molecule has 2 aromatic rings. The van der Waals surface area contributed by atoms with E-state index in [0.29, 0.717) is 45.2 Å². The average Bonchev–Trinajstić information content (AvgIpc) is 2.72. The Bertz CT molecular complexity index is 854. The molecule has 0 radical (unpaired) electrons. The zero-order valence-corrected chi connectivity index (χ0v) is 18.8. The molecule has 2 aromatic carbocycles. The van der Waals surface area contributed by atoms with Gasteiger partial charge >= 0.3 is 0 Å². The Hall–Kier alpha value is -2.02. The molecule has 29 heavy (non-hydrogen) atoms. The summed E-state index contributed by atoms with van der Waals surface area (Å²) >= 11 is 14.0. The minimum Gasteiger partial charge on any atom is -0.493 e. The second-order valence-corrected chi connectivity index (χ2v) is 7.72. The van der Waals surface area contributed by atoms with Crippen molar-refractivity contribution >= 4 is 46.9 Å². The third-order valence-corrected chi connectivity index (χ3v) is 5.70. The fraction of sp³-hybridized carbons (Fsp3) is 0.286. The van der Waals surface area contributed by atoms with Crippen LogP contribution < -0.4 is 19.5 Å². The smallest absolute Gasteiger partial charge is 0.244 e. The predicted octanol–water partition coefficient (Wildman–Crippen LogP) is 5.08. The summed E-state index contributed by atoms with van der Waals surface area (Å²) in [5.74, 6) is 2.77. The van der Waals surface area contributed by atoms with Crippen molar-refractivity contribution in [3.8, 4) is 17.2 Å². The number of benzene rings is 2. The van der Waals surface area contributed by atoms with E-state index in [2.05, 4.69) is 5.32 Å². The van der Waals surface area contributed by atoms with Crippen molar-refractivity contribution in [1.82, 2.24) is 5.32 Å². The number of hydrogen-bond acceptors (Lipinski definition) is 5. The van der Waals surface area contributed by atoms with Gasteiger partial charge in [-0.15, -0.1) is 0 Å². The van der Waals surface area contributed by atoms with Crippen LogP contribution in [0.1, 0.15) is 11.1 Å². The van der Waals surface area contributed by atoms with E-state index in [1.807, 2.05) is 18.2 Å². The van der Waals surface area contributed by atoms with Gasteiger partial charge in [-0.1, -0.05) is 29.3 Å². The van der Waals surface area contributed by atoms with Gasteiger partial charge in [-0.25, -0.2) is 0 Å². The number of thioether (sulfide) groups is 1. The molecular formula is C21H23Cl2NO4S. The molecule has 5 nitrogen and oxygen atoms in total. The Labute approximate surface area is 185 Å². The monoisotopic (exact) mass is 455 g/mol. The van der Waals surface area contributed by atoms with Gasteiger partial charge in [-0.3, -0.25) is 4.79 Å². The highest BCUT2D eigenvalue weighted by atomic mass is 35.5. The van der Waals surface area contributed by atoms with Crippen molar-refractivity contribution in [2.75, 3.05) is 33.6 Å². The molecule has 0 aliphatic rings. The minimum absolute atomic E-state index is 0.196. The molecule has 0 aromatic heterocycles. The van der Waals surface area contributed by atoms with Crippen LogP contribution in [0, 0.1) is 0 Å². The minimum atomic E-state index is -0.196. The first kappa shape index (κ1) is 23.3. The molecule has 2 rings (SSSR count). The van der Waals surface area contributed by atoms with E-state index >= 15 is 0 Å². The fourth-order valence-electron chi connectivity index (χ4n) is 2.57. The Balaban J connectivity index is 1.86. The Morgan fingerprint density at radius 2 is 1.72 bits per heavy atom. The van der Waals surface area contributed by atoms with Gasteiger partial charge in [0.15, 0.2) is 11.5 Å². The van der Waals surface area contributed by atoms with Crippen molar-refractivity contribution in [3.05, 3.63) is 57.6 Å². The highest BCUT2D eigenvalue weighted by Gasteiger charge is 2.14. The number of hydrogen-bond donors (Lipinski definition) is 1. The summed E-state index contributed by atoms with van der Waals surface area (Å²) < 4.78 is 16.0. The molecule has 0 saturated heterocycles. The molecular weight excluding hydrogens is 433 g/mol. The van der Waals surface area contributed by atoms with Crippen LogP contribution in [0.5, 0.6) is 17.2 Å². The molecule has 0 unspecified atom stereocenters. The zero-order chi connectivity index (χ0) is 21.2. The van der Waals surface area contributed by atoms with Gasteiger partial charge in [-0.2, -0.15) is 11.8 Å². The van der Waals surface area contributed by atoms with Gasteiger partial charge in [0.05, 0.1) is 21.3 Å². The van der Waals surface area contributed by atoms with Crippen LogP contribution in [0.25, 0.3) is 6.08 Å². The molecule has 1 amide bonds. The summed E-state index contributed by atoms with van der Waals surface area (Å²) in [6, 6.07) is 9.01. The first-order chi connectivity index (χ1) is 14.0. The lowest BCUT2D eigenvalue weighted by molar-refractivity contribution is -0.116. The molecule has 0 bridgehead atoms. The lowest BCUT2D eigenvalue weighted by Gasteiger charge is -2.13. The SMILES string of the molecule is COc1ccc(C=CC(=O)NCCSCc2c(Cl)cccc2Cl)c(OC)c1OC. The van der Waals surface area contributed by atoms with Crippen molar-refractivity contribution in [2.24, 2.45) is 0 Å². The number of halogens is 2. The molecule has 0 atom stereocenters. The summed E-state index contributed by atoms with van der Waals surface area (Å²) in [7, 11) is 4.63. The van der Waals surface area contributed by atoms with E-state index in [0.717, 1.165) is 11.3 Å². The Morgan fingerprint density at radius 3 is 2.34 bits per heavy atom. The first-order valence-electron chi connectivity index (χ1n) is 8.77. The predicted molar refractivity (Wildman–Crippen MR) is 121 cm³/mol. The number of rotatable bonds is 10. The van der Waals surface area contributed by atoms with Gasteiger partial charge in [-0.05, 0) is 35.9 Å². The molecule has 0 aliphatic carbocycles. The summed E-state index contributed by atoms with van der Waals surface area (Å²) in [6.45, 7) is 0.527. The summed E-state index contributed by atoms with van der Waals surface area (Å²) in [5.41, 5.74) is 1.62. The lowest BCUT2D eigenvalue weighted by Crippen LogP contribution is -2.23. The van der Waals surface area contributed by atoms with E-state index in [-0.39, 0.29) is 5.91 Å². The quantitative estimate of drug-likeness (QED) is 0.399. The number of nitrogens with one attached hydrogen (secondary N) is 1. The van der Waals surface area contributed by atoms with Crippen LogP contribution in [0.4, 0.5) is 0 Å². The Morgan fingerprint density at radius 1 is 1.03 bits per heavy atom. The number of methoxy groups -OCH3 is 3. The summed E-state index contributed by atoms with van der Waals surface area (Å²) in [6.07, 6.45) is 3.13. The second-order valence-electron chi connectivity index (χ2n) is 5.80. The molecule has 1 N–H and O–H groups in total. The van der Waals surface area contributed by atoms with Crippen molar-refractivity contribution < 1.29 is 19.0 Å². The van der Waals surface area contributed by atoms with E-state index in [1.54, 1.807) is 37.1 Å². The van der Waals surface area contributed by atoms with Crippen LogP contribution in [0.3, 0.4) is 0 Å². The molecule has 156 valence electrons. The van der Waals surface area contributed by atoms with Crippen molar-refractivity contribution in [2.45, 2.75) is 5.75 Å². The molecule has 0 heterocycles. The van der Waals surface area contributed by atoms with Crippen LogP contribution in [-0.4, -0.2) is 39.5 Å². The van der Waals surface area contributed by atoms with E-state index < -0.39 is 0 Å². The summed E-state index contributed by atoms with van der Waals surface area (Å²) in [4.78, 5) is 12.1. The molecule has 0 spiro atoms. The number of amides is 1. The third kappa shape index (κ3) is 6.49. The van der Waals surface area contributed by atoms with E-state index in [1.165, 1.54) is 20.3 Å². The topological polar surface area (TPSA) is 56.8 Å². The third-order valence-electron chi connectivity index (χ3n) is 4.00. The van der Waals surface area contributed by atoms with Gasteiger partial charge in [0.2, 0.25) is 11.7 Å². The van der Waals surface area contributed by atoms with Gasteiger partial charge in [0.1, 0.15) is 0 Å². The highest BCUT2D eigenvalue weighted by molar-refractivity contribution is 7.98. The van der Waals surface area contributed by atoms with Crippen LogP contribution >= 0.6 is 35.0 Å². The Kier molecular flexibility index (Phi) is 9.51. The standard InChI is InChI=1S/C21H23Cl2NO4S/c1-26-18-9-7-14(20(27-2)21(18)28-3)8-10-19(25)24-11-12-29-13-15-16(22)5-4-6-17(15)23/h4-10H,11-13H2,1-3H3,(H,24,25). The average molecular weight is 456 g/mol. The van der Waals surface area contributed by atoms with Crippen molar-refractivity contribution in [1.29, 1.82) is 0 Å². The maximum absolute atomic E-state index is 12.1. The van der Waals surface area contributed by atoms with E-state index in [9.17, 15) is 4.79 Å². The van der Waals surface area contributed by atoms with Crippen LogP contribution in [-0.2, 0) is 10.5 Å². The number of ether oxygens (including phenoxy) is 3. The van der Waals surface area contributed by atoms with Gasteiger partial charge in [0.25, 0.3) is 0 Å². The molecule has 0 saturated carbocycles. The lowest BCUT2D eigenvalue weighted by atomic mass is 10.1. The van der Waals surface area contributed by atoms with E-state index in [4.69, 9.17) is 37.4 Å². The van der Waals surface area contributed by atoms with Gasteiger partial charge in [0, 0.05) is 39.7 Å². The molecule has 8 heteroatoms. The van der Waals surface area contributed by atoms with Crippen molar-refractivity contribution in [3.63, 3.8) is 0 Å². The maximum Gasteiger partial charge on any atom is 0.244 e. The number of carbonyl (C=O) groups is 1. The highest BCUT2D eigenvalue weighted by Crippen LogP contribution is 2.40. The van der Waals surface area contributed by atoms with Crippen LogP contribution in [0.15, 0.2) is 36.4 Å². The van der Waals surface area contributed by atoms with Crippen LogP contribution in [0.2, 0.25) is 10.0 Å². The summed E-state index contributed by atoms with van der Waals surface area (Å²) in [5, 5.41) is 4.15. The zero-order valence-electron chi connectivity index (χ0n) is 16.5. The largest absolute Gasteiger partial charge is 0.493 e. The molecule has 0 fully saturated rings. The normalized spacial score (nSPS) is 10.8. The maximum atomic E-state index is 12.1. The molecule has 0 aliphatic heterocycles. The fourth-order valence-corrected chi connectivity index (χ4v) is 4.17. The number of carbonyl (C=O) groups excluding carboxylic acids is 1. The first-order valence-corrected chi connectivity index (χ1v) is 10.7. The second kappa shape index (κ2) is 11.9. The van der Waals surface area contributed by atoms with Gasteiger partial charge < -0.3 is 19.5 Å².